The average molecular weight is 672 g/mol. The van der Waals surface area contributed by atoms with Gasteiger partial charge in [0.1, 0.15) is 0 Å². The molecular weight excluding hydrogens is 639 g/mol. The Bertz CT molecular complexity index is 3200. The van der Waals surface area contributed by atoms with Crippen molar-refractivity contribution in [3.63, 3.8) is 0 Å². The average Bonchev–Trinajstić information content (AvgIpc) is 3.56. The molecule has 246 valence electrons. The van der Waals surface area contributed by atoms with Crippen LogP contribution in [0.1, 0.15) is 0 Å². The van der Waals surface area contributed by atoms with Crippen LogP contribution in [0.3, 0.4) is 0 Å². The summed E-state index contributed by atoms with van der Waals surface area (Å²) in [5, 5.41) is 12.6. The lowest BCUT2D eigenvalue weighted by molar-refractivity contribution is 1.18. The van der Waals surface area contributed by atoms with Crippen molar-refractivity contribution in [2.45, 2.75) is 0 Å². The number of rotatable bonds is 4. The van der Waals surface area contributed by atoms with Gasteiger partial charge in [-0.3, -0.25) is 0 Å². The molecule has 0 fully saturated rings. The summed E-state index contributed by atoms with van der Waals surface area (Å²) in [5.74, 6) is 0. The van der Waals surface area contributed by atoms with E-state index in [-0.39, 0.29) is 0 Å². The first-order valence-electron chi connectivity index (χ1n) is 18.4. The SMILES string of the molecule is c1ccc(-n2c3ccccc3c3cc(-c4c5ccccc5c(-c5ccc(-c6cccc7ccccc67)cc5)c5ccc6ccccc6c45)ccc32)cc1. The van der Waals surface area contributed by atoms with Crippen LogP contribution in [0.4, 0.5) is 0 Å². The van der Waals surface area contributed by atoms with Crippen molar-refractivity contribution in [1.82, 2.24) is 4.57 Å². The Hall–Kier alpha value is -6.96. The Morgan fingerprint density at radius 2 is 0.849 bits per heavy atom. The van der Waals surface area contributed by atoms with Crippen molar-refractivity contribution >= 4 is 64.9 Å². The topological polar surface area (TPSA) is 4.93 Å². The predicted octanol–water partition coefficient (Wildman–Crippen LogP) is 14.4. The van der Waals surface area contributed by atoms with Gasteiger partial charge in [-0.2, -0.15) is 0 Å². The first kappa shape index (κ1) is 29.7. The summed E-state index contributed by atoms with van der Waals surface area (Å²) < 4.78 is 2.39. The van der Waals surface area contributed by atoms with Crippen LogP contribution in [0.5, 0.6) is 0 Å². The molecule has 0 saturated carbocycles. The lowest BCUT2D eigenvalue weighted by Gasteiger charge is -2.20. The van der Waals surface area contributed by atoms with E-state index in [0.29, 0.717) is 0 Å². The Morgan fingerprint density at radius 1 is 0.283 bits per heavy atom. The number of para-hydroxylation sites is 2. The minimum Gasteiger partial charge on any atom is -0.309 e. The number of aromatic nitrogens is 1. The second kappa shape index (κ2) is 11.8. The summed E-state index contributed by atoms with van der Waals surface area (Å²) in [5.41, 5.74) is 11.1. The zero-order valence-electron chi connectivity index (χ0n) is 29.0. The molecule has 0 aliphatic rings. The molecule has 0 aliphatic carbocycles. The molecule has 0 atom stereocenters. The quantitative estimate of drug-likeness (QED) is 0.130. The van der Waals surface area contributed by atoms with Gasteiger partial charge in [-0.05, 0) is 107 Å². The monoisotopic (exact) mass is 671 g/mol. The van der Waals surface area contributed by atoms with Crippen molar-refractivity contribution in [3.8, 4) is 39.1 Å². The third-order valence-electron chi connectivity index (χ3n) is 11.2. The minimum atomic E-state index is 1.17. The molecule has 0 bridgehead atoms. The van der Waals surface area contributed by atoms with E-state index in [2.05, 4.69) is 205 Å². The number of nitrogens with zero attached hydrogens (tertiary/aromatic N) is 1. The van der Waals surface area contributed by atoms with Gasteiger partial charge in [0.25, 0.3) is 0 Å². The fraction of sp³-hybridized carbons (Fsp3) is 0. The van der Waals surface area contributed by atoms with Crippen LogP contribution in [0, 0.1) is 0 Å². The first-order chi connectivity index (χ1) is 26.3. The molecule has 0 unspecified atom stereocenters. The number of hydrogen-bond acceptors (Lipinski definition) is 0. The standard InChI is InChI=1S/C52H33N/c1-2-16-39(17-3-1)53-48-24-11-10-20-43(48)47-33-38(30-32-49(47)53)51-45-22-9-8-21-44(45)50(46-31-29-35-14-5-7-19-42(35)52(46)51)37-27-25-36(26-28-37)41-23-12-15-34-13-4-6-18-40(34)41/h1-33H. The van der Waals surface area contributed by atoms with Crippen molar-refractivity contribution in [1.29, 1.82) is 0 Å². The van der Waals surface area contributed by atoms with E-state index in [4.69, 9.17) is 0 Å². The number of benzene rings is 10. The maximum Gasteiger partial charge on any atom is 0.0541 e. The zero-order chi connectivity index (χ0) is 34.9. The van der Waals surface area contributed by atoms with Crippen LogP contribution in [0.2, 0.25) is 0 Å². The van der Waals surface area contributed by atoms with Crippen LogP contribution in [-0.2, 0) is 0 Å². The molecular formula is C52H33N. The molecule has 1 nitrogen and oxygen atoms in total. The van der Waals surface area contributed by atoms with Gasteiger partial charge >= 0.3 is 0 Å². The van der Waals surface area contributed by atoms with Crippen LogP contribution < -0.4 is 0 Å². The van der Waals surface area contributed by atoms with Crippen LogP contribution in [0.15, 0.2) is 200 Å². The highest BCUT2D eigenvalue weighted by Crippen LogP contribution is 2.47. The van der Waals surface area contributed by atoms with E-state index < -0.39 is 0 Å². The predicted molar refractivity (Wildman–Crippen MR) is 227 cm³/mol. The molecule has 0 radical (unpaired) electrons. The zero-order valence-corrected chi connectivity index (χ0v) is 29.0. The maximum absolute atomic E-state index is 2.43. The molecule has 1 heteroatoms. The second-order valence-electron chi connectivity index (χ2n) is 14.0. The molecule has 11 aromatic rings. The maximum atomic E-state index is 2.43. The molecule has 11 rings (SSSR count). The van der Waals surface area contributed by atoms with E-state index in [9.17, 15) is 0 Å². The van der Waals surface area contributed by atoms with Crippen molar-refractivity contribution < 1.29 is 0 Å². The van der Waals surface area contributed by atoms with Crippen LogP contribution in [-0.4, -0.2) is 4.57 Å². The van der Waals surface area contributed by atoms with Crippen LogP contribution in [0.25, 0.3) is 104 Å². The van der Waals surface area contributed by atoms with E-state index in [1.165, 1.54) is 104 Å². The van der Waals surface area contributed by atoms with Crippen LogP contribution >= 0.6 is 0 Å². The summed E-state index contributed by atoms with van der Waals surface area (Å²) in [6.45, 7) is 0. The Kier molecular flexibility index (Phi) is 6.62. The Balaban J connectivity index is 1.19. The summed E-state index contributed by atoms with van der Waals surface area (Å²) >= 11 is 0. The lowest BCUT2D eigenvalue weighted by Crippen LogP contribution is -1.94. The molecule has 0 saturated heterocycles. The molecule has 1 heterocycles. The largest absolute Gasteiger partial charge is 0.309 e. The third kappa shape index (κ3) is 4.58. The fourth-order valence-electron chi connectivity index (χ4n) is 8.84. The summed E-state index contributed by atoms with van der Waals surface area (Å²) in [6.07, 6.45) is 0. The van der Waals surface area contributed by atoms with Crippen molar-refractivity contribution in [3.05, 3.63) is 200 Å². The normalized spacial score (nSPS) is 11.8. The first-order valence-corrected chi connectivity index (χ1v) is 18.4. The molecule has 0 spiro atoms. The number of hydrogen-bond donors (Lipinski definition) is 0. The Morgan fingerprint density at radius 3 is 1.64 bits per heavy atom. The highest BCUT2D eigenvalue weighted by molar-refractivity contribution is 6.28. The van der Waals surface area contributed by atoms with Crippen molar-refractivity contribution in [2.75, 3.05) is 0 Å². The summed E-state index contributed by atoms with van der Waals surface area (Å²) in [4.78, 5) is 0. The Labute approximate surface area is 307 Å². The molecule has 0 N–H and O–H groups in total. The summed E-state index contributed by atoms with van der Waals surface area (Å²) in [7, 11) is 0. The third-order valence-corrected chi connectivity index (χ3v) is 11.2. The van der Waals surface area contributed by atoms with E-state index in [0.717, 1.165) is 0 Å². The van der Waals surface area contributed by atoms with Crippen molar-refractivity contribution in [2.24, 2.45) is 0 Å². The molecule has 0 aliphatic heterocycles. The van der Waals surface area contributed by atoms with Gasteiger partial charge in [-0.15, -0.1) is 0 Å². The van der Waals surface area contributed by atoms with Gasteiger partial charge in [0.2, 0.25) is 0 Å². The van der Waals surface area contributed by atoms with Gasteiger partial charge < -0.3 is 4.57 Å². The fourth-order valence-corrected chi connectivity index (χ4v) is 8.84. The lowest BCUT2D eigenvalue weighted by atomic mass is 9.83. The van der Waals surface area contributed by atoms with E-state index >= 15 is 0 Å². The highest BCUT2D eigenvalue weighted by atomic mass is 15.0. The van der Waals surface area contributed by atoms with E-state index in [1.54, 1.807) is 0 Å². The molecule has 0 amide bonds. The van der Waals surface area contributed by atoms with Gasteiger partial charge in [0.15, 0.2) is 0 Å². The molecule has 10 aromatic carbocycles. The minimum absolute atomic E-state index is 1.17. The van der Waals surface area contributed by atoms with Gasteiger partial charge in [0, 0.05) is 16.5 Å². The number of fused-ring (bicyclic) bond motifs is 8. The van der Waals surface area contributed by atoms with Gasteiger partial charge in [-0.1, -0.05) is 170 Å². The van der Waals surface area contributed by atoms with E-state index in [1.807, 2.05) is 0 Å². The molecule has 53 heavy (non-hydrogen) atoms. The van der Waals surface area contributed by atoms with Gasteiger partial charge in [-0.25, -0.2) is 0 Å². The highest BCUT2D eigenvalue weighted by Gasteiger charge is 2.20. The van der Waals surface area contributed by atoms with Gasteiger partial charge in [0.05, 0.1) is 11.0 Å². The smallest absolute Gasteiger partial charge is 0.0541 e. The summed E-state index contributed by atoms with van der Waals surface area (Å²) in [6, 6.07) is 73.5. The molecule has 1 aromatic heterocycles. The second-order valence-corrected chi connectivity index (χ2v) is 14.0.